The molecule has 3 atom stereocenters. The number of hydrogen-bond donors (Lipinski definition) is 1. The molecule has 0 spiro atoms. The normalized spacial score (nSPS) is 22.0. The van der Waals surface area contributed by atoms with Crippen molar-refractivity contribution >= 4 is 23.6 Å². The van der Waals surface area contributed by atoms with Crippen LogP contribution < -0.4 is 5.32 Å². The first-order chi connectivity index (χ1) is 12.9. The van der Waals surface area contributed by atoms with Gasteiger partial charge in [-0.3, -0.25) is 4.79 Å². The number of nitrogens with zero attached hydrogens (tertiary/aromatic N) is 2. The van der Waals surface area contributed by atoms with E-state index in [1.54, 1.807) is 13.8 Å². The highest BCUT2D eigenvalue weighted by Gasteiger charge is 2.28. The number of hydrogen-bond acceptors (Lipinski definition) is 6. The van der Waals surface area contributed by atoms with Gasteiger partial charge < -0.3 is 10.1 Å². The molecule has 1 fully saturated rings. The summed E-state index contributed by atoms with van der Waals surface area (Å²) in [6, 6.07) is 3.75. The van der Waals surface area contributed by atoms with E-state index in [0.717, 1.165) is 12.8 Å². The predicted octanol–water partition coefficient (Wildman–Crippen LogP) is 3.47. The van der Waals surface area contributed by atoms with E-state index >= 15 is 0 Å². The van der Waals surface area contributed by atoms with Gasteiger partial charge in [-0.1, -0.05) is 38.5 Å². The zero-order valence-electron chi connectivity index (χ0n) is 16.4. The molecule has 0 bridgehead atoms. The number of nitriles is 1. The van der Waals surface area contributed by atoms with Gasteiger partial charge in [0.25, 0.3) is 0 Å². The summed E-state index contributed by atoms with van der Waals surface area (Å²) < 4.78 is 4.99. The number of carbonyl (C=O) groups is 2. The molecule has 1 saturated carbocycles. The lowest BCUT2D eigenvalue weighted by atomic mass is 9.78. The van der Waals surface area contributed by atoms with E-state index in [1.807, 2.05) is 0 Å². The quantitative estimate of drug-likeness (QED) is 0.592. The number of rotatable bonds is 6. The summed E-state index contributed by atoms with van der Waals surface area (Å²) in [5.74, 6) is 0.725. The van der Waals surface area contributed by atoms with Crippen LogP contribution in [0.1, 0.15) is 61.6 Å². The predicted molar refractivity (Wildman–Crippen MR) is 104 cm³/mol. The average molecular weight is 390 g/mol. The zero-order valence-corrected chi connectivity index (χ0v) is 17.2. The van der Waals surface area contributed by atoms with Crippen molar-refractivity contribution in [1.82, 2.24) is 10.3 Å². The summed E-state index contributed by atoms with van der Waals surface area (Å²) in [4.78, 5) is 28.7. The molecule has 0 aliphatic heterocycles. The minimum absolute atomic E-state index is 0.0521. The Hall–Kier alpha value is -2.07. The first-order valence-corrected chi connectivity index (χ1v) is 10.4. The fraction of sp³-hybridized carbons (Fsp3) is 0.600. The molecule has 6 nitrogen and oxygen atoms in total. The van der Waals surface area contributed by atoms with Gasteiger partial charge in [0.15, 0.2) is 0 Å². The maximum absolute atomic E-state index is 12.4. The van der Waals surface area contributed by atoms with Crippen molar-refractivity contribution in [3.63, 3.8) is 0 Å². The van der Waals surface area contributed by atoms with Gasteiger partial charge in [0.2, 0.25) is 5.91 Å². The Morgan fingerprint density at radius 1 is 1.41 bits per heavy atom. The van der Waals surface area contributed by atoms with Crippen molar-refractivity contribution in [2.75, 3.05) is 12.4 Å². The fourth-order valence-corrected chi connectivity index (χ4v) is 4.17. The topological polar surface area (TPSA) is 92.1 Å². The molecule has 1 N–H and O–H groups in total. The van der Waals surface area contributed by atoms with Crippen molar-refractivity contribution in [3.05, 3.63) is 22.9 Å². The molecule has 1 heterocycles. The van der Waals surface area contributed by atoms with Crippen LogP contribution in [0.5, 0.6) is 0 Å². The second-order valence-electron chi connectivity index (χ2n) is 7.04. The van der Waals surface area contributed by atoms with Gasteiger partial charge in [0, 0.05) is 6.04 Å². The van der Waals surface area contributed by atoms with Gasteiger partial charge in [-0.15, -0.1) is 0 Å². The third-order valence-corrected chi connectivity index (χ3v) is 6.18. The van der Waals surface area contributed by atoms with Crippen LogP contribution in [0.15, 0.2) is 11.1 Å². The molecule has 0 unspecified atom stereocenters. The largest absolute Gasteiger partial charge is 0.462 e. The number of ether oxygens (including phenoxy) is 1. The van der Waals surface area contributed by atoms with Crippen LogP contribution in [-0.4, -0.2) is 35.3 Å². The molecule has 1 amide bonds. The molecular weight excluding hydrogens is 362 g/mol. The standard InChI is InChI=1S/C20H27N3O3S/c1-5-26-20(25)16-9-15(10-21)19(22-14(16)4)27-11-18(24)23-17-8-6-7-12(2)13(17)3/h9,12-13,17H,5-8,11H2,1-4H3,(H,23,24)/t12-,13-,17-/m0/s1. The number of esters is 1. The summed E-state index contributed by atoms with van der Waals surface area (Å²) in [5.41, 5.74) is 1.05. The van der Waals surface area contributed by atoms with Crippen molar-refractivity contribution in [2.24, 2.45) is 11.8 Å². The second-order valence-corrected chi connectivity index (χ2v) is 8.00. The highest BCUT2D eigenvalue weighted by molar-refractivity contribution is 8.00. The van der Waals surface area contributed by atoms with E-state index in [4.69, 9.17) is 4.74 Å². The van der Waals surface area contributed by atoms with Crippen LogP contribution in [0.2, 0.25) is 0 Å². The molecule has 0 saturated heterocycles. The molecular formula is C20H27N3O3S. The van der Waals surface area contributed by atoms with Crippen LogP contribution >= 0.6 is 11.8 Å². The molecule has 7 heteroatoms. The van der Waals surface area contributed by atoms with Crippen molar-refractivity contribution in [3.8, 4) is 6.07 Å². The number of aromatic nitrogens is 1. The molecule has 1 aliphatic carbocycles. The monoisotopic (exact) mass is 389 g/mol. The lowest BCUT2D eigenvalue weighted by Gasteiger charge is -2.34. The zero-order chi connectivity index (χ0) is 20.0. The third-order valence-electron chi connectivity index (χ3n) is 5.19. The lowest BCUT2D eigenvalue weighted by Crippen LogP contribution is -2.44. The summed E-state index contributed by atoms with van der Waals surface area (Å²) in [5, 5.41) is 13.0. The van der Waals surface area contributed by atoms with E-state index in [1.165, 1.54) is 24.2 Å². The van der Waals surface area contributed by atoms with Gasteiger partial charge in [-0.25, -0.2) is 9.78 Å². The Morgan fingerprint density at radius 2 is 2.15 bits per heavy atom. The second kappa shape index (κ2) is 9.75. The highest BCUT2D eigenvalue weighted by atomic mass is 32.2. The Bertz CT molecular complexity index is 745. The minimum atomic E-state index is -0.492. The Kier molecular flexibility index (Phi) is 7.66. The van der Waals surface area contributed by atoms with Crippen LogP contribution in [0, 0.1) is 30.1 Å². The number of carbonyl (C=O) groups excluding carboxylic acids is 2. The molecule has 1 aromatic heterocycles. The highest BCUT2D eigenvalue weighted by Crippen LogP contribution is 2.30. The third kappa shape index (κ3) is 5.46. The molecule has 27 heavy (non-hydrogen) atoms. The van der Waals surface area contributed by atoms with E-state index in [2.05, 4.69) is 30.2 Å². The number of amides is 1. The van der Waals surface area contributed by atoms with Crippen molar-refractivity contribution in [2.45, 2.75) is 58.0 Å². The summed E-state index contributed by atoms with van der Waals surface area (Å²) >= 11 is 1.22. The van der Waals surface area contributed by atoms with Gasteiger partial charge in [-0.2, -0.15) is 5.26 Å². The van der Waals surface area contributed by atoms with Gasteiger partial charge in [0.05, 0.1) is 29.2 Å². The van der Waals surface area contributed by atoms with Gasteiger partial charge in [0.1, 0.15) is 11.1 Å². The van der Waals surface area contributed by atoms with Crippen LogP contribution in [0.25, 0.3) is 0 Å². The minimum Gasteiger partial charge on any atom is -0.462 e. The van der Waals surface area contributed by atoms with Crippen molar-refractivity contribution < 1.29 is 14.3 Å². The van der Waals surface area contributed by atoms with Gasteiger partial charge >= 0.3 is 5.97 Å². The van der Waals surface area contributed by atoms with E-state index in [9.17, 15) is 14.9 Å². The SMILES string of the molecule is CCOC(=O)c1cc(C#N)c(SCC(=O)N[C@H]2CCC[C@H](C)[C@@H]2C)nc1C. The first kappa shape index (κ1) is 21.2. The summed E-state index contributed by atoms with van der Waals surface area (Å²) in [6.45, 7) is 8.10. The number of nitrogens with one attached hydrogen (secondary N) is 1. The molecule has 146 valence electrons. The Morgan fingerprint density at radius 3 is 2.81 bits per heavy atom. The Labute approximate surface area is 165 Å². The van der Waals surface area contributed by atoms with Crippen LogP contribution in [0.3, 0.4) is 0 Å². The number of aryl methyl sites for hydroxylation is 1. The molecule has 0 radical (unpaired) electrons. The van der Waals surface area contributed by atoms with Crippen LogP contribution in [-0.2, 0) is 9.53 Å². The molecule has 1 aromatic rings. The molecule has 0 aromatic carbocycles. The Balaban J connectivity index is 2.02. The fourth-order valence-electron chi connectivity index (χ4n) is 3.36. The maximum atomic E-state index is 12.4. The van der Waals surface area contributed by atoms with E-state index < -0.39 is 5.97 Å². The van der Waals surface area contributed by atoms with E-state index in [-0.39, 0.29) is 35.4 Å². The summed E-state index contributed by atoms with van der Waals surface area (Å²) in [7, 11) is 0. The molecule has 1 aliphatic rings. The smallest absolute Gasteiger partial charge is 0.340 e. The molecule has 2 rings (SSSR count). The lowest BCUT2D eigenvalue weighted by molar-refractivity contribution is -0.120. The number of thioether (sulfide) groups is 1. The average Bonchev–Trinajstić information content (AvgIpc) is 2.64. The van der Waals surface area contributed by atoms with E-state index in [0.29, 0.717) is 22.6 Å². The number of pyridine rings is 1. The maximum Gasteiger partial charge on any atom is 0.340 e. The summed E-state index contributed by atoms with van der Waals surface area (Å²) in [6.07, 6.45) is 3.36. The van der Waals surface area contributed by atoms with Gasteiger partial charge in [-0.05, 0) is 38.2 Å². The first-order valence-electron chi connectivity index (χ1n) is 9.38. The van der Waals surface area contributed by atoms with Crippen LogP contribution in [0.4, 0.5) is 0 Å². The van der Waals surface area contributed by atoms with Crippen molar-refractivity contribution in [1.29, 1.82) is 5.26 Å².